The molecule has 0 N–H and O–H groups in total. The summed E-state index contributed by atoms with van der Waals surface area (Å²) < 4.78 is 4.72. The van der Waals surface area contributed by atoms with Gasteiger partial charge in [-0.1, -0.05) is 17.7 Å². The maximum Gasteiger partial charge on any atom is 0.319 e. The van der Waals surface area contributed by atoms with Crippen molar-refractivity contribution in [3.8, 4) is 0 Å². The van der Waals surface area contributed by atoms with E-state index in [0.717, 1.165) is 19.6 Å². The molecule has 0 spiro atoms. The maximum absolute atomic E-state index is 11.3. The average molecular weight is 262 g/mol. The van der Waals surface area contributed by atoms with Crippen molar-refractivity contribution in [2.45, 2.75) is 19.9 Å². The molecular formula is C15H22N2O2. The highest BCUT2D eigenvalue weighted by atomic mass is 16.5. The van der Waals surface area contributed by atoms with Crippen molar-refractivity contribution >= 4 is 11.7 Å². The molecule has 1 saturated heterocycles. The number of carbonyl (C=O) groups excluding carboxylic acids is 1. The summed E-state index contributed by atoms with van der Waals surface area (Å²) in [5, 5.41) is 0. The van der Waals surface area contributed by atoms with Gasteiger partial charge in [0.1, 0.15) is 0 Å². The maximum atomic E-state index is 11.3. The fourth-order valence-electron chi connectivity index (χ4n) is 2.54. The van der Waals surface area contributed by atoms with Crippen molar-refractivity contribution in [3.63, 3.8) is 0 Å². The van der Waals surface area contributed by atoms with E-state index in [9.17, 15) is 4.79 Å². The number of benzene rings is 1. The largest absolute Gasteiger partial charge is 0.468 e. The van der Waals surface area contributed by atoms with E-state index in [1.165, 1.54) is 18.4 Å². The molecule has 0 radical (unpaired) electrons. The van der Waals surface area contributed by atoms with E-state index in [1.54, 1.807) is 0 Å². The van der Waals surface area contributed by atoms with Crippen molar-refractivity contribution in [1.29, 1.82) is 0 Å². The van der Waals surface area contributed by atoms with Gasteiger partial charge in [-0.3, -0.25) is 9.69 Å². The summed E-state index contributed by atoms with van der Waals surface area (Å²) in [5.41, 5.74) is 2.54. The Morgan fingerprint density at radius 3 is 2.58 bits per heavy atom. The second-order valence-electron chi connectivity index (χ2n) is 5.19. The van der Waals surface area contributed by atoms with Gasteiger partial charge in [0, 0.05) is 31.4 Å². The zero-order chi connectivity index (χ0) is 13.8. The zero-order valence-corrected chi connectivity index (χ0v) is 11.9. The number of methoxy groups -OCH3 is 1. The first-order valence-electron chi connectivity index (χ1n) is 6.72. The van der Waals surface area contributed by atoms with Crippen LogP contribution >= 0.6 is 0 Å². The van der Waals surface area contributed by atoms with E-state index in [0.29, 0.717) is 12.6 Å². The Hall–Kier alpha value is -1.55. The normalized spacial score (nSPS) is 20.4. The van der Waals surface area contributed by atoms with E-state index in [4.69, 9.17) is 4.74 Å². The Balaban J connectivity index is 1.97. The molecule has 1 heterocycles. The standard InChI is InChI=1S/C15H22N2O2/c1-12-4-6-14(7-5-12)17-9-8-16(10-13(17)2)11-15(18)19-3/h4-7,13H,8-11H2,1-3H3/t13-/m1/s1. The van der Waals surface area contributed by atoms with Crippen LogP contribution in [0.25, 0.3) is 0 Å². The van der Waals surface area contributed by atoms with E-state index in [2.05, 4.69) is 47.9 Å². The second kappa shape index (κ2) is 6.06. The van der Waals surface area contributed by atoms with Gasteiger partial charge in [-0.05, 0) is 26.0 Å². The molecule has 0 aromatic heterocycles. The van der Waals surface area contributed by atoms with Gasteiger partial charge in [-0.25, -0.2) is 0 Å². The highest BCUT2D eigenvalue weighted by Crippen LogP contribution is 2.20. The van der Waals surface area contributed by atoms with Gasteiger partial charge < -0.3 is 9.64 Å². The van der Waals surface area contributed by atoms with Crippen LogP contribution in [0, 0.1) is 6.92 Å². The van der Waals surface area contributed by atoms with E-state index < -0.39 is 0 Å². The first kappa shape index (κ1) is 13.9. The summed E-state index contributed by atoms with van der Waals surface area (Å²) in [6, 6.07) is 9.02. The minimum Gasteiger partial charge on any atom is -0.468 e. The number of piperazine rings is 1. The third-order valence-corrected chi connectivity index (χ3v) is 3.66. The lowest BCUT2D eigenvalue weighted by molar-refractivity contribution is -0.142. The molecule has 1 aliphatic heterocycles. The van der Waals surface area contributed by atoms with E-state index >= 15 is 0 Å². The average Bonchev–Trinajstić information content (AvgIpc) is 2.40. The summed E-state index contributed by atoms with van der Waals surface area (Å²) in [4.78, 5) is 15.8. The predicted octanol–water partition coefficient (Wildman–Crippen LogP) is 1.68. The lowest BCUT2D eigenvalue weighted by atomic mass is 10.1. The first-order chi connectivity index (χ1) is 9.10. The van der Waals surface area contributed by atoms with Gasteiger partial charge >= 0.3 is 5.97 Å². The zero-order valence-electron chi connectivity index (χ0n) is 11.9. The van der Waals surface area contributed by atoms with E-state index in [-0.39, 0.29) is 5.97 Å². The smallest absolute Gasteiger partial charge is 0.319 e. The molecule has 4 nitrogen and oxygen atoms in total. The number of esters is 1. The number of hydrogen-bond acceptors (Lipinski definition) is 4. The number of carbonyl (C=O) groups is 1. The summed E-state index contributed by atoms with van der Waals surface area (Å²) >= 11 is 0. The highest BCUT2D eigenvalue weighted by molar-refractivity contribution is 5.71. The summed E-state index contributed by atoms with van der Waals surface area (Å²) in [5.74, 6) is -0.156. The minimum absolute atomic E-state index is 0.156. The van der Waals surface area contributed by atoms with Crippen molar-refractivity contribution in [2.24, 2.45) is 0 Å². The van der Waals surface area contributed by atoms with Crippen molar-refractivity contribution in [1.82, 2.24) is 4.90 Å². The van der Waals surface area contributed by atoms with Crippen LogP contribution in [0.15, 0.2) is 24.3 Å². The number of anilines is 1. The Morgan fingerprint density at radius 1 is 1.32 bits per heavy atom. The Bertz CT molecular complexity index is 430. The molecule has 19 heavy (non-hydrogen) atoms. The molecule has 1 atom stereocenters. The monoisotopic (exact) mass is 262 g/mol. The third kappa shape index (κ3) is 3.47. The quantitative estimate of drug-likeness (QED) is 0.776. The van der Waals surface area contributed by atoms with Gasteiger partial charge in [0.2, 0.25) is 0 Å². The molecule has 1 aromatic rings. The van der Waals surface area contributed by atoms with Gasteiger partial charge in [-0.2, -0.15) is 0 Å². The molecule has 0 unspecified atom stereocenters. The van der Waals surface area contributed by atoms with Gasteiger partial charge in [-0.15, -0.1) is 0 Å². The van der Waals surface area contributed by atoms with Crippen molar-refractivity contribution in [2.75, 3.05) is 38.2 Å². The SMILES string of the molecule is COC(=O)CN1CCN(c2ccc(C)cc2)[C@H](C)C1. The molecule has 0 aliphatic carbocycles. The van der Waals surface area contributed by atoms with Crippen LogP contribution in [-0.2, 0) is 9.53 Å². The van der Waals surface area contributed by atoms with Crippen LogP contribution in [0.5, 0.6) is 0 Å². The number of hydrogen-bond donors (Lipinski definition) is 0. The number of ether oxygens (including phenoxy) is 1. The molecular weight excluding hydrogens is 240 g/mol. The van der Waals surface area contributed by atoms with Crippen LogP contribution in [-0.4, -0.2) is 50.2 Å². The van der Waals surface area contributed by atoms with Crippen molar-refractivity contribution < 1.29 is 9.53 Å². The topological polar surface area (TPSA) is 32.8 Å². The van der Waals surface area contributed by atoms with Gasteiger partial charge in [0.05, 0.1) is 13.7 Å². The molecule has 104 valence electrons. The molecule has 0 amide bonds. The van der Waals surface area contributed by atoms with Crippen LogP contribution in [0.3, 0.4) is 0 Å². The lowest BCUT2D eigenvalue weighted by Crippen LogP contribution is -2.53. The third-order valence-electron chi connectivity index (χ3n) is 3.66. The molecule has 0 saturated carbocycles. The Labute approximate surface area is 115 Å². The second-order valence-corrected chi connectivity index (χ2v) is 5.19. The molecule has 1 aliphatic rings. The van der Waals surface area contributed by atoms with Crippen LogP contribution in [0.1, 0.15) is 12.5 Å². The fraction of sp³-hybridized carbons (Fsp3) is 0.533. The molecule has 1 fully saturated rings. The summed E-state index contributed by atoms with van der Waals surface area (Å²) in [6.07, 6.45) is 0. The Kier molecular flexibility index (Phi) is 4.43. The summed E-state index contributed by atoms with van der Waals surface area (Å²) in [7, 11) is 1.44. The van der Waals surface area contributed by atoms with Crippen LogP contribution in [0.2, 0.25) is 0 Å². The fourth-order valence-corrected chi connectivity index (χ4v) is 2.54. The number of rotatable bonds is 3. The van der Waals surface area contributed by atoms with Crippen LogP contribution < -0.4 is 4.90 Å². The molecule has 4 heteroatoms. The Morgan fingerprint density at radius 2 is 2.00 bits per heavy atom. The summed E-state index contributed by atoms with van der Waals surface area (Å²) in [6.45, 7) is 7.42. The van der Waals surface area contributed by atoms with Crippen LogP contribution in [0.4, 0.5) is 5.69 Å². The lowest BCUT2D eigenvalue weighted by Gasteiger charge is -2.40. The van der Waals surface area contributed by atoms with E-state index in [1.807, 2.05) is 0 Å². The minimum atomic E-state index is -0.156. The van der Waals surface area contributed by atoms with Gasteiger partial charge in [0.15, 0.2) is 0 Å². The highest BCUT2D eigenvalue weighted by Gasteiger charge is 2.25. The van der Waals surface area contributed by atoms with Crippen molar-refractivity contribution in [3.05, 3.63) is 29.8 Å². The molecule has 0 bridgehead atoms. The number of nitrogens with zero attached hydrogens (tertiary/aromatic N) is 2. The number of aryl methyl sites for hydroxylation is 1. The first-order valence-corrected chi connectivity index (χ1v) is 6.72. The predicted molar refractivity (Wildman–Crippen MR) is 76.4 cm³/mol. The molecule has 2 rings (SSSR count). The molecule has 1 aromatic carbocycles. The van der Waals surface area contributed by atoms with Gasteiger partial charge in [0.25, 0.3) is 0 Å².